The summed E-state index contributed by atoms with van der Waals surface area (Å²) in [7, 11) is 1.79. The molecular weight excluding hydrogens is 402 g/mol. The van der Waals surface area contributed by atoms with E-state index in [0.717, 1.165) is 42.6 Å². The molecule has 1 N–H and O–H groups in total. The van der Waals surface area contributed by atoms with Crippen LogP contribution in [0.1, 0.15) is 66.6 Å². The first-order chi connectivity index (χ1) is 15.1. The normalized spacial score (nSPS) is 16.8. The van der Waals surface area contributed by atoms with Crippen LogP contribution in [-0.4, -0.2) is 33.7 Å². The quantitative estimate of drug-likeness (QED) is 0.644. The fourth-order valence-electron chi connectivity index (χ4n) is 4.70. The molecule has 3 aromatic rings. The molecule has 168 valence electrons. The zero-order valence-corrected chi connectivity index (χ0v) is 19.5. The van der Waals surface area contributed by atoms with Crippen LogP contribution < -0.4 is 10.5 Å². The van der Waals surface area contributed by atoms with Crippen molar-refractivity contribution in [3.05, 3.63) is 69.0 Å². The molecule has 1 atom stereocenters. The van der Waals surface area contributed by atoms with E-state index in [1.165, 1.54) is 0 Å². The zero-order valence-electron chi connectivity index (χ0n) is 19.5. The number of aryl methyl sites for hydroxylation is 1. The van der Waals surface area contributed by atoms with Crippen molar-refractivity contribution >= 4 is 22.8 Å². The molecule has 0 amide bonds. The molecule has 6 heteroatoms. The Morgan fingerprint density at radius 1 is 1.12 bits per heavy atom. The van der Waals surface area contributed by atoms with Crippen molar-refractivity contribution in [2.75, 3.05) is 18.0 Å². The molecule has 6 nitrogen and oxygen atoms in total. The Bertz CT molecular complexity index is 1250. The molecule has 1 aromatic heterocycles. The number of hydrogen-bond acceptors (Lipinski definition) is 4. The Balaban J connectivity index is 1.90. The van der Waals surface area contributed by atoms with E-state index < -0.39 is 5.97 Å². The molecule has 2 heterocycles. The van der Waals surface area contributed by atoms with E-state index >= 15 is 0 Å². The third-order valence-corrected chi connectivity index (χ3v) is 6.85. The fraction of sp³-hybridized carbons (Fsp3) is 0.423. The average Bonchev–Trinajstić information content (AvgIpc) is 2.76. The van der Waals surface area contributed by atoms with Gasteiger partial charge in [0, 0.05) is 26.1 Å². The molecule has 4 rings (SSSR count). The minimum atomic E-state index is -0.954. The van der Waals surface area contributed by atoms with Gasteiger partial charge in [0.2, 0.25) is 5.95 Å². The van der Waals surface area contributed by atoms with Gasteiger partial charge in [-0.3, -0.25) is 9.36 Å². The van der Waals surface area contributed by atoms with Crippen molar-refractivity contribution in [1.29, 1.82) is 0 Å². The number of aromatic carboxylic acids is 1. The predicted molar refractivity (Wildman–Crippen MR) is 128 cm³/mol. The van der Waals surface area contributed by atoms with Gasteiger partial charge in [-0.15, -0.1) is 0 Å². The van der Waals surface area contributed by atoms with Crippen molar-refractivity contribution in [3.8, 4) is 0 Å². The summed E-state index contributed by atoms with van der Waals surface area (Å²) in [4.78, 5) is 32.4. The lowest BCUT2D eigenvalue weighted by Crippen LogP contribution is -2.40. The summed E-state index contributed by atoms with van der Waals surface area (Å²) in [5.41, 5.74) is 3.71. The van der Waals surface area contributed by atoms with Crippen LogP contribution in [0.3, 0.4) is 0 Å². The smallest absolute Gasteiger partial charge is 0.335 e. The van der Waals surface area contributed by atoms with E-state index in [1.54, 1.807) is 23.7 Å². The van der Waals surface area contributed by atoms with Gasteiger partial charge in [0.05, 0.1) is 16.5 Å². The lowest BCUT2D eigenvalue weighted by atomic mass is 9.83. The Kier molecular flexibility index (Phi) is 5.57. The predicted octanol–water partition coefficient (Wildman–Crippen LogP) is 4.72. The van der Waals surface area contributed by atoms with E-state index in [0.29, 0.717) is 22.3 Å². The van der Waals surface area contributed by atoms with E-state index in [4.69, 9.17) is 4.98 Å². The molecule has 1 aliphatic heterocycles. The number of nitrogens with zero attached hydrogens (tertiary/aromatic N) is 3. The zero-order chi connectivity index (χ0) is 23.2. The van der Waals surface area contributed by atoms with Gasteiger partial charge in [-0.05, 0) is 54.0 Å². The number of benzene rings is 2. The first kappa shape index (κ1) is 22.1. The van der Waals surface area contributed by atoms with Crippen molar-refractivity contribution in [1.82, 2.24) is 9.55 Å². The SMILES string of the molecule is Cc1cc(C(C)c2ccccc2C(=O)O)c2nc(N3CCC(C)(C)CC3)n(C)c(=O)c2c1. The molecule has 0 spiro atoms. The Labute approximate surface area is 188 Å². The van der Waals surface area contributed by atoms with Crippen LogP contribution in [0, 0.1) is 12.3 Å². The van der Waals surface area contributed by atoms with E-state index in [9.17, 15) is 14.7 Å². The molecular formula is C26H31N3O3. The highest BCUT2D eigenvalue weighted by Crippen LogP contribution is 2.34. The van der Waals surface area contributed by atoms with E-state index in [2.05, 4.69) is 18.7 Å². The Morgan fingerprint density at radius 2 is 1.78 bits per heavy atom. The third kappa shape index (κ3) is 3.90. The molecule has 0 saturated carbocycles. The van der Waals surface area contributed by atoms with Crippen LogP contribution in [0.5, 0.6) is 0 Å². The number of anilines is 1. The molecule has 1 saturated heterocycles. The van der Waals surface area contributed by atoms with Gasteiger partial charge in [0.1, 0.15) is 0 Å². The molecule has 32 heavy (non-hydrogen) atoms. The highest BCUT2D eigenvalue weighted by molar-refractivity contribution is 5.90. The number of carboxylic acids is 1. The second kappa shape index (κ2) is 8.08. The molecule has 1 unspecified atom stereocenters. The molecule has 0 radical (unpaired) electrons. The van der Waals surface area contributed by atoms with E-state index in [-0.39, 0.29) is 17.0 Å². The second-order valence-electron chi connectivity index (χ2n) is 9.79. The number of piperidine rings is 1. The number of fused-ring (bicyclic) bond motifs is 1. The Morgan fingerprint density at radius 3 is 2.44 bits per heavy atom. The van der Waals surface area contributed by atoms with Crippen molar-refractivity contribution in [2.24, 2.45) is 12.5 Å². The van der Waals surface area contributed by atoms with Gasteiger partial charge in [-0.2, -0.15) is 0 Å². The molecule has 2 aromatic carbocycles. The van der Waals surface area contributed by atoms with Gasteiger partial charge in [0.25, 0.3) is 5.56 Å². The van der Waals surface area contributed by atoms with Crippen molar-refractivity contribution in [3.63, 3.8) is 0 Å². The van der Waals surface area contributed by atoms with Gasteiger partial charge < -0.3 is 10.0 Å². The number of carbonyl (C=O) groups is 1. The summed E-state index contributed by atoms with van der Waals surface area (Å²) < 4.78 is 1.65. The largest absolute Gasteiger partial charge is 0.478 e. The Hall–Kier alpha value is -3.15. The first-order valence-corrected chi connectivity index (χ1v) is 11.2. The minimum Gasteiger partial charge on any atom is -0.478 e. The van der Waals surface area contributed by atoms with Crippen molar-refractivity contribution in [2.45, 2.75) is 46.5 Å². The first-order valence-electron chi connectivity index (χ1n) is 11.2. The molecule has 0 aliphatic carbocycles. The lowest BCUT2D eigenvalue weighted by Gasteiger charge is -2.38. The number of carboxylic acid groups (broad SMARTS) is 1. The van der Waals surface area contributed by atoms with Gasteiger partial charge in [0.15, 0.2) is 0 Å². The standard InChI is InChI=1S/C26H31N3O3/c1-16-14-20(17(2)18-8-6-7-9-19(18)24(31)32)22-21(15-16)23(30)28(5)25(27-22)29-12-10-26(3,4)11-13-29/h6-9,14-15,17H,10-13H2,1-5H3,(H,31,32). The molecule has 1 fully saturated rings. The third-order valence-electron chi connectivity index (χ3n) is 6.85. The van der Waals surface area contributed by atoms with Gasteiger partial charge in [-0.25, -0.2) is 9.78 Å². The maximum absolute atomic E-state index is 13.4. The monoisotopic (exact) mass is 433 g/mol. The minimum absolute atomic E-state index is 0.0708. The highest BCUT2D eigenvalue weighted by Gasteiger charge is 2.28. The summed E-state index contributed by atoms with van der Waals surface area (Å²) >= 11 is 0. The summed E-state index contributed by atoms with van der Waals surface area (Å²) in [6, 6.07) is 11.0. The number of rotatable bonds is 4. The van der Waals surface area contributed by atoms with E-state index in [1.807, 2.05) is 38.1 Å². The summed E-state index contributed by atoms with van der Waals surface area (Å²) in [5, 5.41) is 10.3. The van der Waals surface area contributed by atoms with Crippen molar-refractivity contribution < 1.29 is 9.90 Å². The lowest BCUT2D eigenvalue weighted by molar-refractivity contribution is 0.0695. The second-order valence-corrected chi connectivity index (χ2v) is 9.79. The van der Waals surface area contributed by atoms with Crippen LogP contribution in [0.15, 0.2) is 41.2 Å². The summed E-state index contributed by atoms with van der Waals surface area (Å²) in [6.07, 6.45) is 2.09. The maximum atomic E-state index is 13.4. The maximum Gasteiger partial charge on any atom is 0.335 e. The molecule has 1 aliphatic rings. The average molecular weight is 434 g/mol. The van der Waals surface area contributed by atoms with Gasteiger partial charge >= 0.3 is 5.97 Å². The van der Waals surface area contributed by atoms with Crippen LogP contribution >= 0.6 is 0 Å². The molecule has 0 bridgehead atoms. The number of hydrogen-bond donors (Lipinski definition) is 1. The fourth-order valence-corrected chi connectivity index (χ4v) is 4.70. The summed E-state index contributed by atoms with van der Waals surface area (Å²) in [6.45, 7) is 10.2. The highest BCUT2D eigenvalue weighted by atomic mass is 16.4. The number of aromatic nitrogens is 2. The summed E-state index contributed by atoms with van der Waals surface area (Å²) in [5.74, 6) is -0.496. The van der Waals surface area contributed by atoms with Gasteiger partial charge in [-0.1, -0.05) is 45.0 Å². The van der Waals surface area contributed by atoms with Crippen LogP contribution in [0.4, 0.5) is 5.95 Å². The van der Waals surface area contributed by atoms with Crippen LogP contribution in [0.2, 0.25) is 0 Å². The van der Waals surface area contributed by atoms with Crippen LogP contribution in [-0.2, 0) is 7.05 Å². The topological polar surface area (TPSA) is 75.4 Å². The van der Waals surface area contributed by atoms with Crippen LogP contribution in [0.25, 0.3) is 10.9 Å².